The number of rotatable bonds is 5. The number of hydrogen-bond donors (Lipinski definition) is 2. The van der Waals surface area contributed by atoms with Crippen molar-refractivity contribution in [3.05, 3.63) is 11.6 Å². The molecule has 0 aromatic carbocycles. The second-order valence-corrected chi connectivity index (χ2v) is 7.30. The zero-order valence-corrected chi connectivity index (χ0v) is 18.7. The van der Waals surface area contributed by atoms with Crippen molar-refractivity contribution in [2.45, 2.75) is 58.5 Å². The Balaban J connectivity index is 0.00000243. The molecule has 2 aliphatic rings. The van der Waals surface area contributed by atoms with Gasteiger partial charge in [0.15, 0.2) is 5.96 Å². The molecular weight excluding hydrogens is 441 g/mol. The first kappa shape index (κ1) is 21.4. The summed E-state index contributed by atoms with van der Waals surface area (Å²) in [6.07, 6.45) is 5.95. The summed E-state index contributed by atoms with van der Waals surface area (Å²) in [5.41, 5.74) is 0. The standard InChI is InChI=1S/C18H33N7.HI/c1-4-24-11-8-15(9-12-24)7-10-20-18(19-3)22-16-5-6-17-21-14(2)23-25(17)13-16;/h15-16H,4-13H2,1-3H3,(H2,19,20,22);1H. The molecule has 148 valence electrons. The average molecular weight is 475 g/mol. The molecule has 3 heterocycles. The fraction of sp³-hybridized carbons (Fsp3) is 0.833. The molecule has 0 bridgehead atoms. The van der Waals surface area contributed by atoms with Gasteiger partial charge >= 0.3 is 0 Å². The summed E-state index contributed by atoms with van der Waals surface area (Å²) in [6, 6.07) is 0.368. The first-order chi connectivity index (χ1) is 12.2. The van der Waals surface area contributed by atoms with Gasteiger partial charge in [-0.3, -0.25) is 4.99 Å². The zero-order valence-electron chi connectivity index (χ0n) is 16.4. The molecule has 1 atom stereocenters. The highest BCUT2D eigenvalue weighted by molar-refractivity contribution is 14.0. The first-order valence-corrected chi connectivity index (χ1v) is 9.77. The van der Waals surface area contributed by atoms with Crippen LogP contribution in [0.4, 0.5) is 0 Å². The molecule has 0 radical (unpaired) electrons. The topological polar surface area (TPSA) is 70.4 Å². The van der Waals surface area contributed by atoms with Crippen LogP contribution in [-0.4, -0.2) is 64.9 Å². The van der Waals surface area contributed by atoms with Gasteiger partial charge in [-0.05, 0) is 58.2 Å². The molecule has 2 aliphatic heterocycles. The minimum absolute atomic E-state index is 0. The third-order valence-corrected chi connectivity index (χ3v) is 5.53. The number of aliphatic imine (C=N–C) groups is 1. The Labute approximate surface area is 174 Å². The van der Waals surface area contributed by atoms with E-state index < -0.39 is 0 Å². The normalized spacial score (nSPS) is 21.8. The molecule has 3 rings (SSSR count). The molecule has 26 heavy (non-hydrogen) atoms. The van der Waals surface area contributed by atoms with Crippen LogP contribution < -0.4 is 10.6 Å². The van der Waals surface area contributed by atoms with Gasteiger partial charge in [-0.1, -0.05) is 6.92 Å². The van der Waals surface area contributed by atoms with Crippen LogP contribution in [0.15, 0.2) is 4.99 Å². The Morgan fingerprint density at radius 2 is 2.04 bits per heavy atom. The lowest BCUT2D eigenvalue weighted by atomic mass is 9.93. The largest absolute Gasteiger partial charge is 0.356 e. The van der Waals surface area contributed by atoms with E-state index in [4.69, 9.17) is 0 Å². The van der Waals surface area contributed by atoms with Gasteiger partial charge in [0, 0.05) is 26.1 Å². The number of likely N-dealkylation sites (tertiary alicyclic amines) is 1. The average Bonchev–Trinajstić information content (AvgIpc) is 3.00. The van der Waals surface area contributed by atoms with Crippen LogP contribution in [0.25, 0.3) is 0 Å². The quantitative estimate of drug-likeness (QED) is 0.386. The van der Waals surface area contributed by atoms with Gasteiger partial charge in [-0.15, -0.1) is 24.0 Å². The summed E-state index contributed by atoms with van der Waals surface area (Å²) in [5, 5.41) is 11.5. The van der Waals surface area contributed by atoms with E-state index in [1.54, 1.807) is 0 Å². The summed E-state index contributed by atoms with van der Waals surface area (Å²) in [7, 11) is 1.85. The summed E-state index contributed by atoms with van der Waals surface area (Å²) >= 11 is 0. The van der Waals surface area contributed by atoms with E-state index in [1.165, 1.54) is 38.9 Å². The van der Waals surface area contributed by atoms with Crippen molar-refractivity contribution in [1.82, 2.24) is 30.3 Å². The molecule has 1 unspecified atom stereocenters. The van der Waals surface area contributed by atoms with Crippen molar-refractivity contribution in [3.63, 3.8) is 0 Å². The predicted octanol–water partition coefficient (Wildman–Crippen LogP) is 1.81. The highest BCUT2D eigenvalue weighted by Crippen LogP contribution is 2.19. The van der Waals surface area contributed by atoms with Crippen LogP contribution in [0.1, 0.15) is 44.3 Å². The van der Waals surface area contributed by atoms with Gasteiger partial charge in [0.2, 0.25) is 0 Å². The minimum atomic E-state index is 0. The van der Waals surface area contributed by atoms with Crippen molar-refractivity contribution in [2.24, 2.45) is 10.9 Å². The summed E-state index contributed by atoms with van der Waals surface area (Å²) in [4.78, 5) is 11.4. The maximum absolute atomic E-state index is 4.47. The monoisotopic (exact) mass is 475 g/mol. The Morgan fingerprint density at radius 3 is 2.73 bits per heavy atom. The van der Waals surface area contributed by atoms with Crippen LogP contribution in [0.5, 0.6) is 0 Å². The Morgan fingerprint density at radius 1 is 1.27 bits per heavy atom. The third kappa shape index (κ3) is 5.80. The van der Waals surface area contributed by atoms with Crippen molar-refractivity contribution in [3.8, 4) is 0 Å². The molecule has 7 nitrogen and oxygen atoms in total. The van der Waals surface area contributed by atoms with E-state index in [0.29, 0.717) is 6.04 Å². The van der Waals surface area contributed by atoms with Crippen LogP contribution in [0.2, 0.25) is 0 Å². The summed E-state index contributed by atoms with van der Waals surface area (Å²) < 4.78 is 2.03. The van der Waals surface area contributed by atoms with E-state index in [9.17, 15) is 0 Å². The summed E-state index contributed by atoms with van der Waals surface area (Å²) in [5.74, 6) is 3.74. The predicted molar refractivity (Wildman–Crippen MR) is 116 cm³/mol. The molecule has 1 fully saturated rings. The molecule has 1 aromatic rings. The summed E-state index contributed by atoms with van der Waals surface area (Å²) in [6.45, 7) is 9.79. The SMILES string of the molecule is CCN1CCC(CCNC(=NC)NC2CCc3nc(C)nn3C2)CC1.I. The molecular formula is C18H34IN7. The molecule has 0 aliphatic carbocycles. The van der Waals surface area contributed by atoms with E-state index in [-0.39, 0.29) is 24.0 Å². The molecule has 2 N–H and O–H groups in total. The Bertz CT molecular complexity index is 578. The van der Waals surface area contributed by atoms with Gasteiger partial charge in [0.25, 0.3) is 0 Å². The fourth-order valence-electron chi connectivity index (χ4n) is 3.93. The molecule has 1 saturated heterocycles. The van der Waals surface area contributed by atoms with Crippen LogP contribution in [-0.2, 0) is 13.0 Å². The third-order valence-electron chi connectivity index (χ3n) is 5.53. The van der Waals surface area contributed by atoms with Gasteiger partial charge < -0.3 is 15.5 Å². The van der Waals surface area contributed by atoms with Crippen molar-refractivity contribution >= 4 is 29.9 Å². The number of nitrogens with one attached hydrogen (secondary N) is 2. The molecule has 8 heteroatoms. The van der Waals surface area contributed by atoms with Crippen molar-refractivity contribution < 1.29 is 0 Å². The lowest BCUT2D eigenvalue weighted by Gasteiger charge is -2.31. The zero-order chi connectivity index (χ0) is 17.6. The van der Waals surface area contributed by atoms with Crippen LogP contribution >= 0.6 is 24.0 Å². The number of aryl methyl sites for hydroxylation is 2. The van der Waals surface area contributed by atoms with E-state index in [2.05, 4.69) is 37.5 Å². The van der Waals surface area contributed by atoms with Crippen LogP contribution in [0.3, 0.4) is 0 Å². The van der Waals surface area contributed by atoms with Gasteiger partial charge in [0.05, 0.1) is 6.54 Å². The number of hydrogen-bond acceptors (Lipinski definition) is 4. The number of fused-ring (bicyclic) bond motifs is 1. The van der Waals surface area contributed by atoms with Gasteiger partial charge in [-0.25, -0.2) is 9.67 Å². The van der Waals surface area contributed by atoms with E-state index in [0.717, 1.165) is 49.5 Å². The fourth-order valence-corrected chi connectivity index (χ4v) is 3.93. The van der Waals surface area contributed by atoms with Gasteiger partial charge in [-0.2, -0.15) is 5.10 Å². The number of halogens is 1. The number of piperidine rings is 1. The van der Waals surface area contributed by atoms with Gasteiger partial charge in [0.1, 0.15) is 11.6 Å². The Kier molecular flexibility index (Phi) is 8.59. The van der Waals surface area contributed by atoms with E-state index in [1.807, 2.05) is 18.7 Å². The molecule has 0 spiro atoms. The lowest BCUT2D eigenvalue weighted by molar-refractivity contribution is 0.187. The number of nitrogens with zero attached hydrogens (tertiary/aromatic N) is 5. The second kappa shape index (κ2) is 10.4. The molecule has 1 aromatic heterocycles. The molecule has 0 amide bonds. The second-order valence-electron chi connectivity index (χ2n) is 7.30. The smallest absolute Gasteiger partial charge is 0.191 e. The minimum Gasteiger partial charge on any atom is -0.356 e. The van der Waals surface area contributed by atoms with Crippen molar-refractivity contribution in [1.29, 1.82) is 0 Å². The van der Waals surface area contributed by atoms with Crippen LogP contribution in [0, 0.1) is 12.8 Å². The van der Waals surface area contributed by atoms with Crippen molar-refractivity contribution in [2.75, 3.05) is 33.2 Å². The Hall–Kier alpha value is -0.900. The van der Waals surface area contributed by atoms with E-state index >= 15 is 0 Å². The number of aromatic nitrogens is 3. The maximum Gasteiger partial charge on any atom is 0.191 e. The highest BCUT2D eigenvalue weighted by atomic mass is 127. The maximum atomic E-state index is 4.47. The number of guanidine groups is 1. The highest BCUT2D eigenvalue weighted by Gasteiger charge is 2.22. The molecule has 0 saturated carbocycles. The lowest BCUT2D eigenvalue weighted by Crippen LogP contribution is -2.47. The first-order valence-electron chi connectivity index (χ1n) is 9.77.